The Labute approximate surface area is 106 Å². The minimum Gasteiger partial charge on any atom is -0.237 e. The van der Waals surface area contributed by atoms with E-state index in [1.165, 1.54) is 22.9 Å². The third kappa shape index (κ3) is 2.34. The van der Waals surface area contributed by atoms with Gasteiger partial charge in [-0.25, -0.2) is 9.07 Å². The van der Waals surface area contributed by atoms with Gasteiger partial charge >= 0.3 is 6.18 Å². The van der Waals surface area contributed by atoms with Gasteiger partial charge in [0, 0.05) is 11.6 Å². The molecule has 0 aliphatic heterocycles. The summed E-state index contributed by atoms with van der Waals surface area (Å²) in [6.45, 7) is 0. The van der Waals surface area contributed by atoms with E-state index in [1.807, 2.05) is 0 Å². The molecule has 0 N–H and O–H groups in total. The second-order valence-electron chi connectivity index (χ2n) is 4.62. The van der Waals surface area contributed by atoms with Crippen LogP contribution in [-0.4, -0.2) is 9.78 Å². The zero-order chi connectivity index (χ0) is 13.6. The Hall–Kier alpha value is -1.85. The van der Waals surface area contributed by atoms with Crippen LogP contribution >= 0.6 is 0 Å². The lowest BCUT2D eigenvalue weighted by atomic mass is 10.2. The maximum atomic E-state index is 13.2. The van der Waals surface area contributed by atoms with Crippen LogP contribution in [0.5, 0.6) is 0 Å². The first-order chi connectivity index (χ1) is 8.95. The summed E-state index contributed by atoms with van der Waals surface area (Å²) < 4.78 is 52.5. The zero-order valence-corrected chi connectivity index (χ0v) is 9.78. The van der Waals surface area contributed by atoms with Gasteiger partial charge in [0.2, 0.25) is 0 Å². The van der Waals surface area contributed by atoms with Crippen LogP contribution in [0.15, 0.2) is 30.3 Å². The number of halogens is 4. The normalized spacial score (nSPS) is 15.8. The predicted molar refractivity (Wildman–Crippen MR) is 60.5 cm³/mol. The van der Waals surface area contributed by atoms with Gasteiger partial charge in [-0.1, -0.05) is 6.07 Å². The summed E-state index contributed by atoms with van der Waals surface area (Å²) in [5.41, 5.74) is -0.117. The van der Waals surface area contributed by atoms with Crippen LogP contribution in [0, 0.1) is 5.82 Å². The lowest BCUT2D eigenvalue weighted by Gasteiger charge is -2.06. The van der Waals surface area contributed by atoms with Crippen molar-refractivity contribution in [3.8, 4) is 5.69 Å². The fourth-order valence-electron chi connectivity index (χ4n) is 2.02. The van der Waals surface area contributed by atoms with E-state index in [-0.39, 0.29) is 5.92 Å². The molecule has 0 spiro atoms. The van der Waals surface area contributed by atoms with Crippen molar-refractivity contribution < 1.29 is 17.6 Å². The van der Waals surface area contributed by atoms with Gasteiger partial charge in [-0.3, -0.25) is 0 Å². The van der Waals surface area contributed by atoms with Crippen LogP contribution in [0.3, 0.4) is 0 Å². The summed E-state index contributed by atoms with van der Waals surface area (Å²) in [5, 5.41) is 3.58. The Morgan fingerprint density at radius 3 is 2.47 bits per heavy atom. The molecular formula is C13H10F4N2. The molecule has 2 aromatic rings. The van der Waals surface area contributed by atoms with Crippen molar-refractivity contribution in [2.45, 2.75) is 24.9 Å². The molecule has 6 heteroatoms. The summed E-state index contributed by atoms with van der Waals surface area (Å²) in [6.07, 6.45) is -2.79. The second-order valence-corrected chi connectivity index (χ2v) is 4.62. The van der Waals surface area contributed by atoms with Crippen molar-refractivity contribution in [3.63, 3.8) is 0 Å². The third-order valence-corrected chi connectivity index (χ3v) is 3.08. The highest BCUT2D eigenvalue weighted by Gasteiger charge is 2.38. The zero-order valence-electron chi connectivity index (χ0n) is 9.78. The Morgan fingerprint density at radius 2 is 1.89 bits per heavy atom. The maximum Gasteiger partial charge on any atom is 0.435 e. The topological polar surface area (TPSA) is 17.8 Å². The van der Waals surface area contributed by atoms with Crippen LogP contribution < -0.4 is 0 Å². The van der Waals surface area contributed by atoms with Crippen molar-refractivity contribution in [2.24, 2.45) is 0 Å². The Kier molecular flexibility index (Phi) is 2.62. The molecule has 3 rings (SSSR count). The fraction of sp³-hybridized carbons (Fsp3) is 0.308. The molecule has 19 heavy (non-hydrogen) atoms. The van der Waals surface area contributed by atoms with Gasteiger partial charge in [-0.2, -0.15) is 18.3 Å². The van der Waals surface area contributed by atoms with Crippen molar-refractivity contribution in [3.05, 3.63) is 47.5 Å². The minimum atomic E-state index is -4.48. The van der Waals surface area contributed by atoms with Gasteiger partial charge in [-0.05, 0) is 37.1 Å². The largest absolute Gasteiger partial charge is 0.435 e. The van der Waals surface area contributed by atoms with Crippen molar-refractivity contribution in [1.82, 2.24) is 9.78 Å². The highest BCUT2D eigenvalue weighted by molar-refractivity contribution is 5.36. The van der Waals surface area contributed by atoms with Crippen LogP contribution in [-0.2, 0) is 6.18 Å². The van der Waals surface area contributed by atoms with Gasteiger partial charge in [0.25, 0.3) is 0 Å². The molecule has 1 saturated carbocycles. The molecule has 0 atom stereocenters. The summed E-state index contributed by atoms with van der Waals surface area (Å²) in [4.78, 5) is 0. The highest BCUT2D eigenvalue weighted by atomic mass is 19.4. The molecule has 1 aliphatic rings. The molecule has 2 nitrogen and oxygen atoms in total. The van der Waals surface area contributed by atoms with E-state index < -0.39 is 17.7 Å². The van der Waals surface area contributed by atoms with Crippen molar-refractivity contribution in [2.75, 3.05) is 0 Å². The number of benzene rings is 1. The molecule has 0 bridgehead atoms. The van der Waals surface area contributed by atoms with E-state index in [2.05, 4.69) is 5.10 Å². The van der Waals surface area contributed by atoms with Gasteiger partial charge in [0.1, 0.15) is 5.82 Å². The number of rotatable bonds is 2. The Morgan fingerprint density at radius 1 is 1.16 bits per heavy atom. The summed E-state index contributed by atoms with van der Waals surface area (Å²) >= 11 is 0. The summed E-state index contributed by atoms with van der Waals surface area (Å²) in [5.74, 6) is -0.407. The molecule has 100 valence electrons. The van der Waals surface area contributed by atoms with Crippen LogP contribution in [0.25, 0.3) is 5.69 Å². The number of hydrogen-bond acceptors (Lipinski definition) is 1. The lowest BCUT2D eigenvalue weighted by Crippen LogP contribution is -2.07. The van der Waals surface area contributed by atoms with E-state index in [1.54, 1.807) is 6.07 Å². The molecular weight excluding hydrogens is 260 g/mol. The molecule has 0 saturated heterocycles. The van der Waals surface area contributed by atoms with E-state index in [4.69, 9.17) is 0 Å². The van der Waals surface area contributed by atoms with E-state index in [9.17, 15) is 17.6 Å². The fourth-order valence-corrected chi connectivity index (χ4v) is 2.02. The smallest absolute Gasteiger partial charge is 0.237 e. The molecule has 1 aromatic heterocycles. The average molecular weight is 270 g/mol. The molecule has 0 unspecified atom stereocenters. The van der Waals surface area contributed by atoms with E-state index in [0.717, 1.165) is 18.9 Å². The first kappa shape index (κ1) is 12.2. The number of hydrogen-bond donors (Lipinski definition) is 0. The highest BCUT2D eigenvalue weighted by Crippen LogP contribution is 2.42. The monoisotopic (exact) mass is 270 g/mol. The van der Waals surface area contributed by atoms with Crippen LogP contribution in [0.1, 0.15) is 30.1 Å². The molecule has 0 radical (unpaired) electrons. The molecule has 1 aliphatic carbocycles. The van der Waals surface area contributed by atoms with Gasteiger partial charge < -0.3 is 0 Å². The summed E-state index contributed by atoms with van der Waals surface area (Å²) in [6, 6.07) is 6.48. The SMILES string of the molecule is Fc1cccc(-n2nc(C(F)(F)F)cc2C2CC2)c1. The van der Waals surface area contributed by atoms with E-state index in [0.29, 0.717) is 11.4 Å². The van der Waals surface area contributed by atoms with Crippen LogP contribution in [0.4, 0.5) is 17.6 Å². The Balaban J connectivity index is 2.11. The first-order valence-electron chi connectivity index (χ1n) is 5.88. The molecule has 1 fully saturated rings. The molecule has 1 aromatic carbocycles. The standard InChI is InChI=1S/C13H10F4N2/c14-9-2-1-3-10(6-9)19-11(8-4-5-8)7-12(18-19)13(15,16)17/h1-3,6-8H,4-5H2. The third-order valence-electron chi connectivity index (χ3n) is 3.08. The maximum absolute atomic E-state index is 13.2. The first-order valence-corrected chi connectivity index (χ1v) is 5.88. The van der Waals surface area contributed by atoms with Crippen molar-refractivity contribution in [1.29, 1.82) is 0 Å². The minimum absolute atomic E-state index is 0.0897. The van der Waals surface area contributed by atoms with E-state index >= 15 is 0 Å². The van der Waals surface area contributed by atoms with Gasteiger partial charge in [0.15, 0.2) is 5.69 Å². The number of alkyl halides is 3. The predicted octanol–water partition coefficient (Wildman–Crippen LogP) is 3.91. The quantitative estimate of drug-likeness (QED) is 0.756. The average Bonchev–Trinajstić information content (AvgIpc) is 3.06. The summed E-state index contributed by atoms with van der Waals surface area (Å²) in [7, 11) is 0. The lowest BCUT2D eigenvalue weighted by molar-refractivity contribution is -0.141. The Bertz CT molecular complexity index is 611. The van der Waals surface area contributed by atoms with Crippen LogP contribution in [0.2, 0.25) is 0 Å². The van der Waals surface area contributed by atoms with Gasteiger partial charge in [-0.15, -0.1) is 0 Å². The molecule has 0 amide bonds. The second kappa shape index (κ2) is 4.08. The van der Waals surface area contributed by atoms with Gasteiger partial charge in [0.05, 0.1) is 5.69 Å². The molecule has 1 heterocycles. The van der Waals surface area contributed by atoms with Crippen molar-refractivity contribution >= 4 is 0 Å². The number of aromatic nitrogens is 2. The number of nitrogens with zero attached hydrogens (tertiary/aromatic N) is 2.